The van der Waals surface area contributed by atoms with E-state index >= 15 is 0 Å². The lowest BCUT2D eigenvalue weighted by atomic mass is 9.85. The van der Waals surface area contributed by atoms with Crippen LogP contribution in [0, 0.1) is 0 Å². The number of hydrogen-bond donors (Lipinski definition) is 0. The molecule has 0 saturated carbocycles. The fourth-order valence-electron chi connectivity index (χ4n) is 5.83. The van der Waals surface area contributed by atoms with Crippen molar-refractivity contribution in [2.45, 2.75) is 0 Å². The lowest BCUT2D eigenvalue weighted by molar-refractivity contribution is 0.670. The first-order valence-electron chi connectivity index (χ1n) is 28.6. The van der Waals surface area contributed by atoms with E-state index in [1.165, 1.54) is 0 Å². The van der Waals surface area contributed by atoms with E-state index in [4.69, 9.17) is 30.5 Å². The molecule has 0 unspecified atom stereocenters. The largest absolute Gasteiger partial charge is 0.455 e. The monoisotopic (exact) mass is 650 g/mol. The van der Waals surface area contributed by atoms with Crippen LogP contribution in [0.4, 0.5) is 0 Å². The molecular formula is C48H30O. The molecule has 0 amide bonds. The standard InChI is InChI=1S/C48H30O/c1-2-12-34-30-37(28-25-31(34)11-1)36-14-9-13-35(29-36)32-23-26-33(27-24-32)46-39-16-3-5-18-41(39)47(42-19-6-4-17-40(42)46)44-21-10-20-43-38-15-7-8-22-45(38)49-48(43)44/h1-30H/i1D,2D,3D,4D,5D,6D,7D,8D,9D,10D,11D,12D,13D,15D,16D,17D,18D,19D,20D,21D,22D,23D,24D,25D,26D,27D,28D,30D. The molecule has 0 radical (unpaired) electrons. The Bertz CT molecular complexity index is 4370. The molecule has 1 heteroatoms. The summed E-state index contributed by atoms with van der Waals surface area (Å²) in [6, 6.07) is -21.9. The van der Waals surface area contributed by atoms with E-state index in [-0.39, 0.29) is 5.56 Å². The number of furan rings is 1. The van der Waals surface area contributed by atoms with E-state index in [9.17, 15) is 12.3 Å². The van der Waals surface area contributed by atoms with Gasteiger partial charge in [-0.05, 0) is 83.8 Å². The van der Waals surface area contributed by atoms with Gasteiger partial charge in [0.2, 0.25) is 0 Å². The van der Waals surface area contributed by atoms with Crippen molar-refractivity contribution in [1.82, 2.24) is 0 Å². The summed E-state index contributed by atoms with van der Waals surface area (Å²) in [5.74, 6) is 0. The topological polar surface area (TPSA) is 13.1 Å². The Morgan fingerprint density at radius 3 is 1.71 bits per heavy atom. The quantitative estimate of drug-likeness (QED) is 0.173. The van der Waals surface area contributed by atoms with Crippen LogP contribution < -0.4 is 0 Å². The van der Waals surface area contributed by atoms with Gasteiger partial charge in [0.25, 0.3) is 0 Å². The minimum absolute atomic E-state index is 0.279. The maximum absolute atomic E-state index is 9.61. The molecule has 49 heavy (non-hydrogen) atoms. The van der Waals surface area contributed by atoms with Crippen molar-refractivity contribution in [2.24, 2.45) is 0 Å². The van der Waals surface area contributed by atoms with Crippen LogP contribution in [0.1, 0.15) is 38.4 Å². The van der Waals surface area contributed by atoms with Crippen molar-refractivity contribution in [3.63, 3.8) is 0 Å². The van der Waals surface area contributed by atoms with Crippen molar-refractivity contribution >= 4 is 54.3 Å². The number of hydrogen-bond acceptors (Lipinski definition) is 1. The van der Waals surface area contributed by atoms with Crippen LogP contribution in [-0.2, 0) is 0 Å². The Hall–Kier alpha value is -6.44. The summed E-state index contributed by atoms with van der Waals surface area (Å²) in [5.41, 5.74) is -5.98. The van der Waals surface area contributed by atoms with Gasteiger partial charge >= 0.3 is 0 Å². The summed E-state index contributed by atoms with van der Waals surface area (Å²) >= 11 is 0. The lowest BCUT2D eigenvalue weighted by Gasteiger charge is -2.18. The third-order valence-corrected chi connectivity index (χ3v) is 7.98. The second kappa shape index (κ2) is 11.1. The first-order chi connectivity index (χ1) is 35.9. The van der Waals surface area contributed by atoms with Gasteiger partial charge in [0.05, 0.1) is 38.4 Å². The van der Waals surface area contributed by atoms with E-state index in [2.05, 4.69) is 0 Å². The van der Waals surface area contributed by atoms with Crippen LogP contribution in [0.5, 0.6) is 0 Å². The molecule has 0 fully saturated rings. The van der Waals surface area contributed by atoms with E-state index in [0.29, 0.717) is 0 Å². The Morgan fingerprint density at radius 2 is 0.959 bits per heavy atom. The Balaban J connectivity index is 1.38. The molecule has 0 aliphatic heterocycles. The summed E-state index contributed by atoms with van der Waals surface area (Å²) in [5, 5.41) is -4.59. The molecule has 0 atom stereocenters. The number of fused-ring (bicyclic) bond motifs is 6. The van der Waals surface area contributed by atoms with Crippen molar-refractivity contribution in [1.29, 1.82) is 0 Å². The highest BCUT2D eigenvalue weighted by Gasteiger charge is 2.20. The predicted octanol–water partition coefficient (Wildman–Crippen LogP) is 13.7. The molecular weight excluding hydrogens is 593 g/mol. The van der Waals surface area contributed by atoms with Gasteiger partial charge in [0.1, 0.15) is 11.2 Å². The van der Waals surface area contributed by atoms with E-state index in [1.807, 2.05) is 0 Å². The van der Waals surface area contributed by atoms with E-state index < -0.39 is 262 Å². The van der Waals surface area contributed by atoms with Gasteiger partial charge in [-0.3, -0.25) is 0 Å². The third kappa shape index (κ3) is 4.47. The highest BCUT2D eigenvalue weighted by Crippen LogP contribution is 2.46. The molecule has 0 N–H and O–H groups in total. The number of benzene rings is 9. The summed E-state index contributed by atoms with van der Waals surface area (Å²) in [4.78, 5) is 0. The van der Waals surface area contributed by atoms with E-state index in [0.717, 1.165) is 12.1 Å². The van der Waals surface area contributed by atoms with E-state index in [1.54, 1.807) is 0 Å². The van der Waals surface area contributed by atoms with Gasteiger partial charge in [-0.2, -0.15) is 0 Å². The zero-order chi connectivity index (χ0) is 56.7. The Labute approximate surface area is 323 Å². The van der Waals surface area contributed by atoms with Crippen LogP contribution in [0.3, 0.4) is 0 Å². The summed E-state index contributed by atoms with van der Waals surface area (Å²) in [6.45, 7) is 0. The third-order valence-electron chi connectivity index (χ3n) is 7.98. The fourth-order valence-corrected chi connectivity index (χ4v) is 5.83. The lowest BCUT2D eigenvalue weighted by Crippen LogP contribution is -1.91. The molecule has 1 aromatic heterocycles. The molecule has 0 aliphatic rings. The van der Waals surface area contributed by atoms with Crippen molar-refractivity contribution < 1.29 is 42.8 Å². The van der Waals surface area contributed by atoms with Gasteiger partial charge in [-0.1, -0.05) is 163 Å². The van der Waals surface area contributed by atoms with Crippen LogP contribution >= 0.6 is 0 Å². The molecule has 0 bridgehead atoms. The Kier molecular flexibility index (Phi) is 2.63. The van der Waals surface area contributed by atoms with Gasteiger partial charge < -0.3 is 4.42 Å². The molecule has 228 valence electrons. The van der Waals surface area contributed by atoms with Gasteiger partial charge in [0, 0.05) is 21.9 Å². The van der Waals surface area contributed by atoms with Gasteiger partial charge in [-0.15, -0.1) is 0 Å². The molecule has 10 aromatic rings. The number of rotatable bonds is 4. The molecule has 0 spiro atoms. The average Bonchev–Trinajstić information content (AvgIpc) is 3.97. The van der Waals surface area contributed by atoms with Crippen molar-refractivity contribution in [2.75, 3.05) is 0 Å². The molecule has 9 aromatic carbocycles. The first kappa shape index (κ1) is 11.6. The van der Waals surface area contributed by atoms with Crippen LogP contribution in [0.2, 0.25) is 0 Å². The molecule has 0 aliphatic carbocycles. The zero-order valence-electron chi connectivity index (χ0n) is 52.6. The minimum Gasteiger partial charge on any atom is -0.455 e. The average molecular weight is 651 g/mol. The zero-order valence-corrected chi connectivity index (χ0v) is 24.6. The first-order valence-corrected chi connectivity index (χ1v) is 14.6. The molecule has 1 nitrogen and oxygen atoms in total. The summed E-state index contributed by atoms with van der Waals surface area (Å²) < 4.78 is 257. The van der Waals surface area contributed by atoms with Crippen molar-refractivity contribution in [3.8, 4) is 44.5 Å². The SMILES string of the molecule is [2H]c1cc(-c2c([2H])c([2H])c3c([2H])c([2H])c([2H])c([2H])c3c2[2H])cc(-c2c([2H])c([2H])c(-c3c4c([2H])c([2H])c([2H])c([2H])c4c(-c4c([2H])c([2H])c([2H])c5c4oc4c([2H])c([2H])c([2H])c([2H])c45)c4c([2H])c([2H])c([2H])c([2H])c34)c([2H])c2[2H])c1[2H]. The second-order valence-electron chi connectivity index (χ2n) is 10.7. The fraction of sp³-hybridized carbons (Fsp3) is 0. The number of para-hydroxylation sites is 2. The normalized spacial score (nSPS) is 19.7. The van der Waals surface area contributed by atoms with Crippen LogP contribution in [0.15, 0.2) is 186 Å². The molecule has 0 saturated heterocycles. The molecule has 1 heterocycles. The van der Waals surface area contributed by atoms with Crippen LogP contribution in [-0.4, -0.2) is 0 Å². The van der Waals surface area contributed by atoms with Crippen molar-refractivity contribution in [3.05, 3.63) is 181 Å². The maximum atomic E-state index is 9.61. The summed E-state index contributed by atoms with van der Waals surface area (Å²) in [7, 11) is 0. The highest BCUT2D eigenvalue weighted by atomic mass is 16.3. The van der Waals surface area contributed by atoms with Crippen LogP contribution in [0.25, 0.3) is 98.8 Å². The van der Waals surface area contributed by atoms with Gasteiger partial charge in [0.15, 0.2) is 0 Å². The maximum Gasteiger partial charge on any atom is 0.143 e. The minimum atomic E-state index is -1.04. The summed E-state index contributed by atoms with van der Waals surface area (Å²) in [6.07, 6.45) is 0. The highest BCUT2D eigenvalue weighted by molar-refractivity contribution is 6.24. The molecule has 10 rings (SSSR count). The second-order valence-corrected chi connectivity index (χ2v) is 10.7. The van der Waals surface area contributed by atoms with Gasteiger partial charge in [-0.25, -0.2) is 0 Å². The smallest absolute Gasteiger partial charge is 0.143 e. The Morgan fingerprint density at radius 1 is 0.367 bits per heavy atom. The predicted molar refractivity (Wildman–Crippen MR) is 208 cm³/mol.